The second-order valence-electron chi connectivity index (χ2n) is 3.68. The summed E-state index contributed by atoms with van der Waals surface area (Å²) in [6, 6.07) is 1.07. The Hall–Kier alpha value is -1.71. The highest BCUT2D eigenvalue weighted by Gasteiger charge is 2.36. The maximum Gasteiger partial charge on any atom is 0.417 e. The molecule has 1 rings (SSSR count). The van der Waals surface area contributed by atoms with Crippen LogP contribution in [0.3, 0.4) is 0 Å². The summed E-state index contributed by atoms with van der Waals surface area (Å²) in [7, 11) is 0. The number of hydrogen-bond donors (Lipinski definition) is 1. The number of thioether (sulfide) groups is 1. The van der Waals surface area contributed by atoms with E-state index in [1.165, 1.54) is 0 Å². The molecular weight excluding hydrogens is 320 g/mol. The molecule has 1 aromatic carbocycles. The van der Waals surface area contributed by atoms with Crippen molar-refractivity contribution in [2.45, 2.75) is 12.4 Å². The van der Waals surface area contributed by atoms with E-state index in [9.17, 15) is 26.3 Å². The van der Waals surface area contributed by atoms with Crippen LogP contribution in [-0.4, -0.2) is 17.6 Å². The average molecular weight is 329 g/mol. The zero-order valence-electron chi connectivity index (χ0n) is 10.5. The Morgan fingerprint density at radius 1 is 1.14 bits per heavy atom. The van der Waals surface area contributed by atoms with Crippen molar-refractivity contribution in [1.82, 2.24) is 0 Å². The third kappa shape index (κ3) is 4.96. The standard InChI is InChI=1S/C11H9F6N3S/c1-21-9(18)20-19-5-6-4-7(10(12,13)14)2-3-8(6)11(15,16)17/h2-5H,1H3,(H2,18,20)/b19-5-. The van der Waals surface area contributed by atoms with E-state index in [0.717, 1.165) is 11.8 Å². The molecule has 0 amide bonds. The molecule has 3 nitrogen and oxygen atoms in total. The predicted octanol–water partition coefficient (Wildman–Crippen LogP) is 3.74. The summed E-state index contributed by atoms with van der Waals surface area (Å²) in [5.41, 5.74) is 2.07. The van der Waals surface area contributed by atoms with Gasteiger partial charge in [-0.05, 0) is 24.5 Å². The number of halogens is 6. The van der Waals surface area contributed by atoms with Gasteiger partial charge in [-0.25, -0.2) is 0 Å². The first-order chi connectivity index (χ1) is 9.55. The molecule has 0 fully saturated rings. The summed E-state index contributed by atoms with van der Waals surface area (Å²) >= 11 is 0.989. The summed E-state index contributed by atoms with van der Waals surface area (Å²) in [5.74, 6) is 0. The molecule has 0 radical (unpaired) electrons. The molecule has 21 heavy (non-hydrogen) atoms. The fourth-order valence-corrected chi connectivity index (χ4v) is 1.42. The summed E-state index contributed by atoms with van der Waals surface area (Å²) in [6.07, 6.45) is -7.42. The fraction of sp³-hybridized carbons (Fsp3) is 0.273. The van der Waals surface area contributed by atoms with Crippen LogP contribution in [0.5, 0.6) is 0 Å². The van der Waals surface area contributed by atoms with Gasteiger partial charge in [0.1, 0.15) is 0 Å². The van der Waals surface area contributed by atoms with Gasteiger partial charge in [-0.15, -0.1) is 5.10 Å². The maximum atomic E-state index is 12.7. The van der Waals surface area contributed by atoms with Crippen LogP contribution in [0.1, 0.15) is 16.7 Å². The highest BCUT2D eigenvalue weighted by Crippen LogP contribution is 2.35. The molecule has 1 aromatic rings. The van der Waals surface area contributed by atoms with E-state index in [4.69, 9.17) is 5.73 Å². The minimum Gasteiger partial charge on any atom is -0.377 e. The number of nitrogens with two attached hydrogens (primary N) is 1. The van der Waals surface area contributed by atoms with E-state index in [2.05, 4.69) is 10.2 Å². The molecule has 10 heteroatoms. The van der Waals surface area contributed by atoms with Crippen LogP contribution in [0.25, 0.3) is 0 Å². The highest BCUT2D eigenvalue weighted by atomic mass is 32.2. The van der Waals surface area contributed by atoms with Crippen molar-refractivity contribution in [3.8, 4) is 0 Å². The minimum absolute atomic E-state index is 0.0354. The Labute approximate surface area is 119 Å². The zero-order chi connectivity index (χ0) is 16.3. The predicted molar refractivity (Wildman–Crippen MR) is 69.2 cm³/mol. The van der Waals surface area contributed by atoms with Crippen molar-refractivity contribution in [3.63, 3.8) is 0 Å². The molecule has 0 saturated carbocycles. The van der Waals surface area contributed by atoms with Gasteiger partial charge < -0.3 is 5.73 Å². The fourth-order valence-electron chi connectivity index (χ4n) is 1.29. The SMILES string of the molecule is CS/C(N)=N\N=C/c1cc(C(F)(F)F)ccc1C(F)(F)F. The topological polar surface area (TPSA) is 50.7 Å². The van der Waals surface area contributed by atoms with Gasteiger partial charge >= 0.3 is 12.4 Å². The molecule has 0 aliphatic heterocycles. The van der Waals surface area contributed by atoms with E-state index in [-0.39, 0.29) is 5.17 Å². The van der Waals surface area contributed by atoms with Crippen LogP contribution in [0.2, 0.25) is 0 Å². The first-order valence-corrected chi connectivity index (χ1v) is 6.47. The van der Waals surface area contributed by atoms with E-state index >= 15 is 0 Å². The van der Waals surface area contributed by atoms with Gasteiger partial charge in [0.25, 0.3) is 0 Å². The van der Waals surface area contributed by atoms with Gasteiger partial charge in [-0.1, -0.05) is 11.8 Å². The summed E-state index contributed by atoms with van der Waals surface area (Å²) in [4.78, 5) is 0. The van der Waals surface area contributed by atoms with E-state index in [1.807, 2.05) is 0 Å². The van der Waals surface area contributed by atoms with Gasteiger partial charge in [0, 0.05) is 5.56 Å². The van der Waals surface area contributed by atoms with Gasteiger partial charge in [-0.3, -0.25) is 0 Å². The van der Waals surface area contributed by atoms with Crippen molar-refractivity contribution < 1.29 is 26.3 Å². The number of benzene rings is 1. The summed E-state index contributed by atoms with van der Waals surface area (Å²) in [6.45, 7) is 0. The molecule has 0 heterocycles. The number of nitrogens with zero attached hydrogens (tertiary/aromatic N) is 2. The molecule has 0 aliphatic carbocycles. The third-order valence-corrected chi connectivity index (χ3v) is 2.75. The quantitative estimate of drug-likeness (QED) is 0.389. The molecule has 0 aromatic heterocycles. The Morgan fingerprint density at radius 2 is 1.76 bits per heavy atom. The van der Waals surface area contributed by atoms with Crippen LogP contribution in [-0.2, 0) is 12.4 Å². The van der Waals surface area contributed by atoms with E-state index in [0.29, 0.717) is 24.4 Å². The lowest BCUT2D eigenvalue weighted by Gasteiger charge is -2.13. The lowest BCUT2D eigenvalue weighted by atomic mass is 10.0. The molecule has 0 aliphatic rings. The zero-order valence-corrected chi connectivity index (χ0v) is 11.3. The van der Waals surface area contributed by atoms with Crippen molar-refractivity contribution in [2.24, 2.45) is 15.9 Å². The van der Waals surface area contributed by atoms with Crippen LogP contribution >= 0.6 is 11.8 Å². The first kappa shape index (κ1) is 17.3. The van der Waals surface area contributed by atoms with Crippen molar-refractivity contribution >= 4 is 23.1 Å². The minimum atomic E-state index is -4.81. The lowest BCUT2D eigenvalue weighted by molar-refractivity contribution is -0.141. The van der Waals surface area contributed by atoms with E-state index in [1.54, 1.807) is 6.26 Å². The number of hydrogen-bond acceptors (Lipinski definition) is 3. The highest BCUT2D eigenvalue weighted by molar-refractivity contribution is 8.13. The van der Waals surface area contributed by atoms with Gasteiger partial charge in [-0.2, -0.15) is 31.4 Å². The van der Waals surface area contributed by atoms with Crippen molar-refractivity contribution in [1.29, 1.82) is 0 Å². The molecular formula is C11H9F6N3S. The molecule has 2 N–H and O–H groups in total. The van der Waals surface area contributed by atoms with Crippen LogP contribution in [0, 0.1) is 0 Å². The normalized spacial score (nSPS) is 14.0. The third-order valence-electron chi connectivity index (χ3n) is 2.25. The molecule has 0 unspecified atom stereocenters. The monoisotopic (exact) mass is 329 g/mol. The van der Waals surface area contributed by atoms with Gasteiger partial charge in [0.05, 0.1) is 17.3 Å². The lowest BCUT2D eigenvalue weighted by Crippen LogP contribution is -2.12. The second-order valence-corrected chi connectivity index (χ2v) is 4.51. The van der Waals surface area contributed by atoms with Crippen molar-refractivity contribution in [3.05, 3.63) is 34.9 Å². The van der Waals surface area contributed by atoms with Gasteiger partial charge in [0.2, 0.25) is 0 Å². The molecule has 0 spiro atoms. The first-order valence-electron chi connectivity index (χ1n) is 5.24. The molecule has 0 bridgehead atoms. The number of alkyl halides is 6. The molecule has 116 valence electrons. The van der Waals surface area contributed by atoms with E-state index < -0.39 is 29.0 Å². The van der Waals surface area contributed by atoms with Gasteiger partial charge in [0.15, 0.2) is 5.17 Å². The number of amidine groups is 1. The molecule has 0 atom stereocenters. The number of rotatable bonds is 2. The summed E-state index contributed by atoms with van der Waals surface area (Å²) < 4.78 is 75.7. The summed E-state index contributed by atoms with van der Waals surface area (Å²) in [5, 5.41) is 6.56. The Balaban J connectivity index is 3.30. The smallest absolute Gasteiger partial charge is 0.377 e. The Bertz CT molecular complexity index is 562. The maximum absolute atomic E-state index is 12.7. The average Bonchev–Trinajstić information content (AvgIpc) is 2.36. The van der Waals surface area contributed by atoms with Crippen molar-refractivity contribution in [2.75, 3.05) is 6.26 Å². The van der Waals surface area contributed by atoms with Crippen LogP contribution in [0.4, 0.5) is 26.3 Å². The van der Waals surface area contributed by atoms with Crippen LogP contribution in [0.15, 0.2) is 28.4 Å². The second kappa shape index (κ2) is 6.37. The van der Waals surface area contributed by atoms with Crippen LogP contribution < -0.4 is 5.73 Å². The Kier molecular flexibility index (Phi) is 5.26. The molecule has 0 saturated heterocycles. The largest absolute Gasteiger partial charge is 0.417 e. The Morgan fingerprint density at radius 3 is 2.24 bits per heavy atom.